The molecule has 1 aromatic carbocycles. The lowest BCUT2D eigenvalue weighted by Crippen LogP contribution is -2.32. The number of benzene rings is 1. The Morgan fingerprint density at radius 3 is 2.72 bits per heavy atom. The summed E-state index contributed by atoms with van der Waals surface area (Å²) in [5.74, 6) is 0. The van der Waals surface area contributed by atoms with Gasteiger partial charge in [-0.2, -0.15) is 0 Å². The van der Waals surface area contributed by atoms with Crippen molar-refractivity contribution in [1.82, 2.24) is 5.32 Å². The van der Waals surface area contributed by atoms with E-state index >= 15 is 0 Å². The Labute approximate surface area is 119 Å². The molecule has 0 aliphatic carbocycles. The van der Waals surface area contributed by atoms with Crippen LogP contribution < -0.4 is 10.2 Å². The Kier molecular flexibility index (Phi) is 6.68. The normalized spacial score (nSPS) is 12.5. The zero-order valence-electron chi connectivity index (χ0n) is 11.7. The average Bonchev–Trinajstić information content (AvgIpc) is 2.36. The Hall–Kier alpha value is -0.580. The van der Waals surface area contributed by atoms with E-state index in [-0.39, 0.29) is 0 Å². The first-order valence-electron chi connectivity index (χ1n) is 6.31. The molecule has 0 bridgehead atoms. The highest BCUT2D eigenvalue weighted by Gasteiger charge is 2.11. The molecular weight excluding hydrogens is 292 g/mol. The van der Waals surface area contributed by atoms with Gasteiger partial charge in [-0.1, -0.05) is 28.9 Å². The summed E-state index contributed by atoms with van der Waals surface area (Å²) in [6, 6.07) is 6.85. The third-order valence-electron chi connectivity index (χ3n) is 3.08. The molecule has 4 heteroatoms. The van der Waals surface area contributed by atoms with Crippen molar-refractivity contribution in [1.29, 1.82) is 0 Å². The van der Waals surface area contributed by atoms with Crippen molar-refractivity contribution in [3.8, 4) is 0 Å². The Morgan fingerprint density at radius 1 is 1.44 bits per heavy atom. The zero-order chi connectivity index (χ0) is 13.5. The van der Waals surface area contributed by atoms with E-state index in [0.29, 0.717) is 6.04 Å². The maximum Gasteiger partial charge on any atom is 0.0663 e. The number of nitrogens with one attached hydrogen (secondary N) is 1. The second kappa shape index (κ2) is 7.77. The van der Waals surface area contributed by atoms with Crippen LogP contribution in [0.4, 0.5) is 5.69 Å². The van der Waals surface area contributed by atoms with Crippen molar-refractivity contribution in [2.24, 2.45) is 0 Å². The second-order valence-electron chi connectivity index (χ2n) is 4.47. The fraction of sp³-hybridized carbons (Fsp3) is 0.571. The second-order valence-corrected chi connectivity index (χ2v) is 5.33. The molecule has 1 N–H and O–H groups in total. The maximum absolute atomic E-state index is 5.19. The van der Waals surface area contributed by atoms with Crippen molar-refractivity contribution in [3.63, 3.8) is 0 Å². The lowest BCUT2D eigenvalue weighted by molar-refractivity contribution is 0.183. The van der Waals surface area contributed by atoms with E-state index in [2.05, 4.69) is 65.2 Å². The molecular formula is C14H23BrN2O. The van der Waals surface area contributed by atoms with Crippen molar-refractivity contribution in [2.75, 3.05) is 32.2 Å². The summed E-state index contributed by atoms with van der Waals surface area (Å²) >= 11 is 3.64. The van der Waals surface area contributed by atoms with Gasteiger partial charge in [0.05, 0.1) is 6.61 Å². The van der Waals surface area contributed by atoms with E-state index in [0.717, 1.165) is 24.2 Å². The molecule has 3 nitrogen and oxygen atoms in total. The highest BCUT2D eigenvalue weighted by molar-refractivity contribution is 9.10. The molecule has 0 spiro atoms. The van der Waals surface area contributed by atoms with Gasteiger partial charge in [-0.05, 0) is 31.2 Å². The number of nitrogens with zero attached hydrogens (tertiary/aromatic N) is 1. The van der Waals surface area contributed by atoms with E-state index in [9.17, 15) is 0 Å². The van der Waals surface area contributed by atoms with Gasteiger partial charge < -0.3 is 15.0 Å². The first kappa shape index (κ1) is 15.5. The smallest absolute Gasteiger partial charge is 0.0663 e. The van der Waals surface area contributed by atoms with E-state index in [1.165, 1.54) is 11.3 Å². The largest absolute Gasteiger partial charge is 0.383 e. The molecule has 0 aliphatic rings. The quantitative estimate of drug-likeness (QED) is 0.837. The topological polar surface area (TPSA) is 24.5 Å². The van der Waals surface area contributed by atoms with Gasteiger partial charge in [-0.3, -0.25) is 0 Å². The molecule has 1 atom stereocenters. The van der Waals surface area contributed by atoms with Gasteiger partial charge >= 0.3 is 0 Å². The maximum atomic E-state index is 5.19. The minimum Gasteiger partial charge on any atom is -0.383 e. The number of halogens is 1. The van der Waals surface area contributed by atoms with E-state index in [4.69, 9.17) is 4.74 Å². The highest BCUT2D eigenvalue weighted by Crippen LogP contribution is 2.24. The van der Waals surface area contributed by atoms with E-state index in [1.807, 2.05) is 0 Å². The van der Waals surface area contributed by atoms with Crippen LogP contribution in [-0.2, 0) is 11.3 Å². The Balaban J connectivity index is 2.76. The predicted molar refractivity (Wildman–Crippen MR) is 81.3 cm³/mol. The van der Waals surface area contributed by atoms with Crippen molar-refractivity contribution in [2.45, 2.75) is 26.4 Å². The number of rotatable bonds is 7. The summed E-state index contributed by atoms with van der Waals surface area (Å²) in [4.78, 5) is 2.23. The molecule has 0 heterocycles. The molecule has 0 amide bonds. The minimum absolute atomic E-state index is 0.363. The molecule has 1 rings (SSSR count). The zero-order valence-corrected chi connectivity index (χ0v) is 13.3. The average molecular weight is 315 g/mol. The number of anilines is 1. The van der Waals surface area contributed by atoms with Crippen LogP contribution in [0, 0.1) is 0 Å². The van der Waals surface area contributed by atoms with Gasteiger partial charge in [0.25, 0.3) is 0 Å². The number of ether oxygens (including phenoxy) is 1. The lowest BCUT2D eigenvalue weighted by atomic mass is 10.1. The molecule has 18 heavy (non-hydrogen) atoms. The minimum atomic E-state index is 0.363. The van der Waals surface area contributed by atoms with Gasteiger partial charge in [0.1, 0.15) is 0 Å². The monoisotopic (exact) mass is 314 g/mol. The summed E-state index contributed by atoms with van der Waals surface area (Å²) in [5, 5.41) is 3.33. The molecule has 0 aliphatic heterocycles. The summed E-state index contributed by atoms with van der Waals surface area (Å²) < 4.78 is 6.34. The first-order valence-corrected chi connectivity index (χ1v) is 7.10. The summed E-state index contributed by atoms with van der Waals surface area (Å²) in [6.07, 6.45) is 0. The fourth-order valence-electron chi connectivity index (χ4n) is 1.77. The molecule has 0 aromatic heterocycles. The molecule has 0 saturated carbocycles. The van der Waals surface area contributed by atoms with Gasteiger partial charge in [-0.15, -0.1) is 0 Å². The molecule has 0 fully saturated rings. The standard InChI is InChI=1S/C14H23BrN2O/c1-5-16-9-12-6-7-13(8-14(12)15)17(3)11(2)10-18-4/h6-8,11,16H,5,9-10H2,1-4H3. The number of likely N-dealkylation sites (N-methyl/N-ethyl adjacent to an activating group) is 1. The molecule has 0 saturated heterocycles. The number of methoxy groups -OCH3 is 1. The summed E-state index contributed by atoms with van der Waals surface area (Å²) in [7, 11) is 3.83. The third kappa shape index (κ3) is 4.26. The van der Waals surface area contributed by atoms with Crippen molar-refractivity contribution < 1.29 is 4.74 Å². The number of hydrogen-bond donors (Lipinski definition) is 1. The number of hydrogen-bond acceptors (Lipinski definition) is 3. The van der Waals surface area contributed by atoms with Crippen LogP contribution in [0.3, 0.4) is 0 Å². The van der Waals surface area contributed by atoms with Gasteiger partial charge in [-0.25, -0.2) is 0 Å². The van der Waals surface area contributed by atoms with Crippen LogP contribution in [0.2, 0.25) is 0 Å². The van der Waals surface area contributed by atoms with Gasteiger partial charge in [0, 0.05) is 36.9 Å². The Bertz CT molecular complexity index is 371. The SMILES string of the molecule is CCNCc1ccc(N(C)C(C)COC)cc1Br. The highest BCUT2D eigenvalue weighted by atomic mass is 79.9. The van der Waals surface area contributed by atoms with Crippen LogP contribution in [0.15, 0.2) is 22.7 Å². The molecule has 1 unspecified atom stereocenters. The lowest BCUT2D eigenvalue weighted by Gasteiger charge is -2.27. The molecule has 0 radical (unpaired) electrons. The molecule has 102 valence electrons. The first-order chi connectivity index (χ1) is 8.60. The summed E-state index contributed by atoms with van der Waals surface area (Å²) in [6.45, 7) is 6.88. The summed E-state index contributed by atoms with van der Waals surface area (Å²) in [5.41, 5.74) is 2.49. The van der Waals surface area contributed by atoms with Gasteiger partial charge in [0.15, 0.2) is 0 Å². The molecule has 1 aromatic rings. The third-order valence-corrected chi connectivity index (χ3v) is 3.82. The van der Waals surface area contributed by atoms with Crippen molar-refractivity contribution >= 4 is 21.6 Å². The fourth-order valence-corrected chi connectivity index (χ4v) is 2.27. The Morgan fingerprint density at radius 2 is 2.17 bits per heavy atom. The van der Waals surface area contributed by atoms with Crippen LogP contribution in [0.5, 0.6) is 0 Å². The van der Waals surface area contributed by atoms with Crippen molar-refractivity contribution in [3.05, 3.63) is 28.2 Å². The van der Waals surface area contributed by atoms with Crippen LogP contribution >= 0.6 is 15.9 Å². The van der Waals surface area contributed by atoms with Crippen LogP contribution in [0.25, 0.3) is 0 Å². The van der Waals surface area contributed by atoms with E-state index in [1.54, 1.807) is 7.11 Å². The van der Waals surface area contributed by atoms with Crippen LogP contribution in [-0.4, -0.2) is 33.4 Å². The van der Waals surface area contributed by atoms with Crippen LogP contribution in [0.1, 0.15) is 19.4 Å². The van der Waals surface area contributed by atoms with E-state index < -0.39 is 0 Å². The van der Waals surface area contributed by atoms with Gasteiger partial charge in [0.2, 0.25) is 0 Å². The predicted octanol–water partition coefficient (Wildman–Crippen LogP) is 3.03.